The van der Waals surface area contributed by atoms with E-state index in [1.807, 2.05) is 6.07 Å². The molecule has 5 heteroatoms. The highest BCUT2D eigenvalue weighted by Crippen LogP contribution is 2.32. The molecule has 2 aromatic carbocycles. The second-order valence-electron chi connectivity index (χ2n) is 3.82. The Morgan fingerprint density at radius 2 is 2.00 bits per heavy atom. The van der Waals surface area contributed by atoms with Gasteiger partial charge in [0.1, 0.15) is 23.4 Å². The van der Waals surface area contributed by atoms with Crippen LogP contribution in [0, 0.1) is 17.1 Å². The predicted octanol–water partition coefficient (Wildman–Crippen LogP) is 3.71. The Hall–Kier alpha value is -1.90. The van der Waals surface area contributed by atoms with Crippen LogP contribution in [0.3, 0.4) is 0 Å². The molecule has 0 bridgehead atoms. The highest BCUT2D eigenvalue weighted by molar-refractivity contribution is 9.10. The van der Waals surface area contributed by atoms with Crippen LogP contribution in [0.4, 0.5) is 4.39 Å². The van der Waals surface area contributed by atoms with Gasteiger partial charge in [-0.2, -0.15) is 5.26 Å². The molecule has 0 amide bonds. The Bertz CT molecular complexity index is 652. The van der Waals surface area contributed by atoms with Crippen LogP contribution in [0.2, 0.25) is 0 Å². The molecule has 0 radical (unpaired) electrons. The number of hydrogen-bond donors (Lipinski definition) is 1. The third kappa shape index (κ3) is 3.11. The zero-order valence-corrected chi connectivity index (χ0v) is 11.4. The van der Waals surface area contributed by atoms with E-state index in [1.165, 1.54) is 12.1 Å². The molecule has 0 heterocycles. The van der Waals surface area contributed by atoms with Crippen molar-refractivity contribution in [3.8, 4) is 17.6 Å². The first-order valence-electron chi connectivity index (χ1n) is 5.50. The Kier molecular flexibility index (Phi) is 4.15. The highest BCUT2D eigenvalue weighted by Gasteiger charge is 2.09. The van der Waals surface area contributed by atoms with Crippen molar-refractivity contribution < 1.29 is 9.13 Å². The number of benzene rings is 2. The van der Waals surface area contributed by atoms with E-state index in [1.54, 1.807) is 24.3 Å². The van der Waals surface area contributed by atoms with Gasteiger partial charge < -0.3 is 10.5 Å². The zero-order valence-electron chi connectivity index (χ0n) is 9.86. The van der Waals surface area contributed by atoms with Gasteiger partial charge in [0.2, 0.25) is 0 Å². The SMILES string of the molecule is N#Cc1cc(CN)ccc1Oc1cc(F)ccc1Br. The fourth-order valence-corrected chi connectivity index (χ4v) is 1.88. The third-order valence-electron chi connectivity index (χ3n) is 2.51. The lowest BCUT2D eigenvalue weighted by molar-refractivity contribution is 0.472. The summed E-state index contributed by atoms with van der Waals surface area (Å²) < 4.78 is 19.3. The van der Waals surface area contributed by atoms with Crippen LogP contribution in [0.1, 0.15) is 11.1 Å². The molecule has 0 aliphatic rings. The lowest BCUT2D eigenvalue weighted by Gasteiger charge is -2.10. The van der Waals surface area contributed by atoms with Crippen LogP contribution in [0.25, 0.3) is 0 Å². The molecule has 96 valence electrons. The van der Waals surface area contributed by atoms with E-state index >= 15 is 0 Å². The summed E-state index contributed by atoms with van der Waals surface area (Å²) in [6.45, 7) is 0.346. The molecule has 0 aromatic heterocycles. The lowest BCUT2D eigenvalue weighted by atomic mass is 10.1. The summed E-state index contributed by atoms with van der Waals surface area (Å²) in [5.74, 6) is 0.276. The molecule has 0 saturated carbocycles. The first-order chi connectivity index (χ1) is 9.13. The third-order valence-corrected chi connectivity index (χ3v) is 3.17. The van der Waals surface area contributed by atoms with Crippen LogP contribution in [-0.2, 0) is 6.54 Å². The average molecular weight is 321 g/mol. The van der Waals surface area contributed by atoms with Crippen molar-refractivity contribution in [2.75, 3.05) is 0 Å². The molecule has 0 spiro atoms. The van der Waals surface area contributed by atoms with E-state index < -0.39 is 5.82 Å². The molecular formula is C14H10BrFN2O. The number of nitriles is 1. The molecule has 3 nitrogen and oxygen atoms in total. The van der Waals surface area contributed by atoms with Gasteiger partial charge >= 0.3 is 0 Å². The zero-order chi connectivity index (χ0) is 13.8. The molecule has 0 aliphatic carbocycles. The van der Waals surface area contributed by atoms with E-state index in [2.05, 4.69) is 15.9 Å². The van der Waals surface area contributed by atoms with Gasteiger partial charge in [-0.3, -0.25) is 0 Å². The van der Waals surface area contributed by atoms with E-state index in [4.69, 9.17) is 15.7 Å². The standard InChI is InChI=1S/C14H10BrFN2O/c15-12-3-2-11(16)6-14(12)19-13-4-1-9(7-17)5-10(13)8-18/h1-6H,7,17H2. The highest BCUT2D eigenvalue weighted by atomic mass is 79.9. The number of halogens is 2. The second kappa shape index (κ2) is 5.83. The molecule has 0 saturated heterocycles. The van der Waals surface area contributed by atoms with E-state index in [0.29, 0.717) is 28.1 Å². The van der Waals surface area contributed by atoms with Gasteiger partial charge in [0.05, 0.1) is 10.0 Å². The minimum Gasteiger partial charge on any atom is -0.455 e. The van der Waals surface area contributed by atoms with Crippen molar-refractivity contribution in [3.05, 3.63) is 57.8 Å². The quantitative estimate of drug-likeness (QED) is 0.937. The number of ether oxygens (including phenoxy) is 1. The van der Waals surface area contributed by atoms with Gasteiger partial charge in [0.25, 0.3) is 0 Å². The summed E-state index contributed by atoms with van der Waals surface area (Å²) >= 11 is 3.27. The first kappa shape index (κ1) is 13.5. The summed E-state index contributed by atoms with van der Waals surface area (Å²) in [7, 11) is 0. The maximum atomic E-state index is 13.2. The van der Waals surface area contributed by atoms with Crippen molar-refractivity contribution in [2.45, 2.75) is 6.54 Å². The summed E-state index contributed by atoms with van der Waals surface area (Å²) in [6.07, 6.45) is 0. The monoisotopic (exact) mass is 320 g/mol. The number of rotatable bonds is 3. The minimum atomic E-state index is -0.407. The molecule has 0 fully saturated rings. The first-order valence-corrected chi connectivity index (χ1v) is 6.29. The molecule has 0 atom stereocenters. The molecule has 0 aliphatic heterocycles. The molecule has 0 unspecified atom stereocenters. The van der Waals surface area contributed by atoms with E-state index in [9.17, 15) is 4.39 Å². The fourth-order valence-electron chi connectivity index (χ4n) is 1.55. The molecule has 19 heavy (non-hydrogen) atoms. The van der Waals surface area contributed by atoms with Crippen LogP contribution in [-0.4, -0.2) is 0 Å². The summed E-state index contributed by atoms with van der Waals surface area (Å²) in [5.41, 5.74) is 6.71. The largest absolute Gasteiger partial charge is 0.455 e. The average Bonchev–Trinajstić information content (AvgIpc) is 2.43. The van der Waals surface area contributed by atoms with Gasteiger partial charge in [0.15, 0.2) is 0 Å². The topological polar surface area (TPSA) is 59.0 Å². The van der Waals surface area contributed by atoms with Gasteiger partial charge in [0, 0.05) is 12.6 Å². The Morgan fingerprint density at radius 3 is 2.68 bits per heavy atom. The number of hydrogen-bond acceptors (Lipinski definition) is 3. The van der Waals surface area contributed by atoms with Crippen LogP contribution >= 0.6 is 15.9 Å². The van der Waals surface area contributed by atoms with Crippen molar-refractivity contribution in [1.82, 2.24) is 0 Å². The molecule has 2 aromatic rings. The number of nitrogens with zero attached hydrogens (tertiary/aromatic N) is 1. The summed E-state index contributed by atoms with van der Waals surface area (Å²) in [5, 5.41) is 9.08. The van der Waals surface area contributed by atoms with E-state index in [-0.39, 0.29) is 0 Å². The van der Waals surface area contributed by atoms with Crippen molar-refractivity contribution in [3.63, 3.8) is 0 Å². The Morgan fingerprint density at radius 1 is 1.21 bits per heavy atom. The minimum absolute atomic E-state index is 0.317. The van der Waals surface area contributed by atoms with E-state index in [0.717, 1.165) is 5.56 Å². The summed E-state index contributed by atoms with van der Waals surface area (Å²) in [4.78, 5) is 0. The van der Waals surface area contributed by atoms with Crippen LogP contribution in [0.5, 0.6) is 11.5 Å². The van der Waals surface area contributed by atoms with Gasteiger partial charge in [-0.1, -0.05) is 6.07 Å². The fraction of sp³-hybridized carbons (Fsp3) is 0.0714. The normalized spacial score (nSPS) is 10.0. The smallest absolute Gasteiger partial charge is 0.145 e. The molecular weight excluding hydrogens is 311 g/mol. The molecule has 2 N–H and O–H groups in total. The van der Waals surface area contributed by atoms with Gasteiger partial charge in [-0.05, 0) is 45.8 Å². The lowest BCUT2D eigenvalue weighted by Crippen LogP contribution is -1.98. The van der Waals surface area contributed by atoms with Crippen LogP contribution in [0.15, 0.2) is 40.9 Å². The number of nitrogens with two attached hydrogens (primary N) is 1. The summed E-state index contributed by atoms with van der Waals surface area (Å²) in [6, 6.07) is 11.2. The molecule has 2 rings (SSSR count). The van der Waals surface area contributed by atoms with Crippen LogP contribution < -0.4 is 10.5 Å². The Balaban J connectivity index is 2.38. The van der Waals surface area contributed by atoms with Crippen molar-refractivity contribution in [1.29, 1.82) is 5.26 Å². The predicted molar refractivity (Wildman–Crippen MR) is 73.2 cm³/mol. The van der Waals surface area contributed by atoms with Gasteiger partial charge in [-0.15, -0.1) is 0 Å². The van der Waals surface area contributed by atoms with Crippen molar-refractivity contribution in [2.24, 2.45) is 5.73 Å². The maximum Gasteiger partial charge on any atom is 0.145 e. The van der Waals surface area contributed by atoms with Crippen molar-refractivity contribution >= 4 is 15.9 Å². The second-order valence-corrected chi connectivity index (χ2v) is 4.68. The maximum absolute atomic E-state index is 13.2. The van der Waals surface area contributed by atoms with Gasteiger partial charge in [-0.25, -0.2) is 4.39 Å². The Labute approximate surface area is 118 Å².